The normalized spacial score (nSPS) is 13.3. The number of phenolic OH excluding ortho intramolecular Hbond substituents is 1. The van der Waals surface area contributed by atoms with Gasteiger partial charge in [0, 0.05) is 16.3 Å². The Balaban J connectivity index is 1.92. The van der Waals surface area contributed by atoms with Crippen LogP contribution in [0.15, 0.2) is 66.7 Å². The van der Waals surface area contributed by atoms with Gasteiger partial charge in [-0.25, -0.2) is 0 Å². The van der Waals surface area contributed by atoms with E-state index in [1.54, 1.807) is 0 Å². The summed E-state index contributed by atoms with van der Waals surface area (Å²) in [6.07, 6.45) is 1.02. The van der Waals surface area contributed by atoms with Crippen molar-refractivity contribution in [3.8, 4) is 22.6 Å². The van der Waals surface area contributed by atoms with Gasteiger partial charge < -0.3 is 9.67 Å². The summed E-state index contributed by atoms with van der Waals surface area (Å²) >= 11 is 0. The molecule has 1 N–H and O–H groups in total. The van der Waals surface area contributed by atoms with Crippen molar-refractivity contribution in [2.24, 2.45) is 5.41 Å². The summed E-state index contributed by atoms with van der Waals surface area (Å²) in [7, 11) is 0. The quantitative estimate of drug-likeness (QED) is 0.222. The highest BCUT2D eigenvalue weighted by molar-refractivity contribution is 6.10. The Kier molecular flexibility index (Phi) is 7.64. The van der Waals surface area contributed by atoms with E-state index in [1.165, 1.54) is 38.6 Å². The number of hydrogen-bond acceptors (Lipinski definition) is 1. The van der Waals surface area contributed by atoms with Crippen LogP contribution in [0.3, 0.4) is 0 Å². The molecule has 0 unspecified atom stereocenters. The number of aromatic hydroxyl groups is 1. The van der Waals surface area contributed by atoms with E-state index in [4.69, 9.17) is 0 Å². The van der Waals surface area contributed by atoms with E-state index in [-0.39, 0.29) is 21.7 Å². The van der Waals surface area contributed by atoms with E-state index >= 15 is 0 Å². The van der Waals surface area contributed by atoms with Crippen molar-refractivity contribution in [1.82, 2.24) is 4.57 Å². The highest BCUT2D eigenvalue weighted by Gasteiger charge is 2.30. The molecule has 0 saturated heterocycles. The predicted octanol–water partition coefficient (Wildman–Crippen LogP) is 12.1. The van der Waals surface area contributed by atoms with Crippen molar-refractivity contribution in [2.75, 3.05) is 0 Å². The Bertz CT molecular complexity index is 1790. The van der Waals surface area contributed by atoms with Crippen LogP contribution in [-0.4, -0.2) is 9.67 Å². The van der Waals surface area contributed by atoms with E-state index in [2.05, 4.69) is 161 Å². The van der Waals surface area contributed by atoms with E-state index in [9.17, 15) is 5.11 Å². The number of fused-ring (bicyclic) bond motifs is 3. The van der Waals surface area contributed by atoms with Crippen molar-refractivity contribution in [2.45, 2.75) is 113 Å². The molecule has 0 aliphatic carbocycles. The van der Waals surface area contributed by atoms with Crippen molar-refractivity contribution >= 4 is 21.8 Å². The minimum Gasteiger partial charge on any atom is -0.505 e. The molecule has 232 valence electrons. The third-order valence-electron chi connectivity index (χ3n) is 9.11. The zero-order chi connectivity index (χ0) is 32.6. The van der Waals surface area contributed by atoms with Gasteiger partial charge in [-0.1, -0.05) is 118 Å². The standard InChI is InChI=1S/C42H53NO/c1-26-18-27(2)20-28(19-26)32-23-31(42(12,13)25-39(3,4)5)24-37(38(32)44)43-35-16-14-29(40(6,7)8)21-33(35)34-22-30(41(9,10)11)15-17-36(34)43/h14-24,44H,25H2,1-13H3. The SMILES string of the molecule is Cc1cc(C)cc(-c2cc(C(C)(C)CC(C)(C)C)cc(-n3c4ccc(C(C)(C)C)cc4c4cc(C(C)(C)C)ccc43)c2O)c1. The van der Waals surface area contributed by atoms with Gasteiger partial charge in [0.2, 0.25) is 0 Å². The van der Waals surface area contributed by atoms with Gasteiger partial charge >= 0.3 is 0 Å². The molecule has 44 heavy (non-hydrogen) atoms. The zero-order valence-corrected chi connectivity index (χ0v) is 29.5. The van der Waals surface area contributed by atoms with Crippen LogP contribution in [0.1, 0.15) is 110 Å². The van der Waals surface area contributed by atoms with Crippen LogP contribution < -0.4 is 0 Å². The molecule has 0 aliphatic heterocycles. The van der Waals surface area contributed by atoms with Crippen LogP contribution in [0.5, 0.6) is 5.75 Å². The summed E-state index contributed by atoms with van der Waals surface area (Å²) in [6.45, 7) is 29.5. The van der Waals surface area contributed by atoms with E-state index in [1.807, 2.05) is 0 Å². The first-order valence-corrected chi connectivity index (χ1v) is 16.2. The largest absolute Gasteiger partial charge is 0.505 e. The summed E-state index contributed by atoms with van der Waals surface area (Å²) < 4.78 is 2.31. The van der Waals surface area contributed by atoms with E-state index in [0.717, 1.165) is 34.3 Å². The molecular weight excluding hydrogens is 534 g/mol. The Morgan fingerprint density at radius 1 is 0.568 bits per heavy atom. The fraction of sp³-hybridized carbons (Fsp3) is 0.429. The molecule has 0 spiro atoms. The molecule has 4 aromatic carbocycles. The zero-order valence-electron chi connectivity index (χ0n) is 29.5. The maximum Gasteiger partial charge on any atom is 0.147 e. The number of aryl methyl sites for hydroxylation is 2. The third kappa shape index (κ3) is 6.06. The lowest BCUT2D eigenvalue weighted by atomic mass is 9.71. The van der Waals surface area contributed by atoms with Gasteiger partial charge in [-0.15, -0.1) is 0 Å². The molecule has 0 saturated carbocycles. The molecule has 0 atom stereocenters. The van der Waals surface area contributed by atoms with Gasteiger partial charge in [0.05, 0.1) is 16.7 Å². The number of benzene rings is 4. The monoisotopic (exact) mass is 587 g/mol. The highest BCUT2D eigenvalue weighted by Crippen LogP contribution is 2.46. The first-order valence-electron chi connectivity index (χ1n) is 16.2. The molecule has 1 aromatic heterocycles. The third-order valence-corrected chi connectivity index (χ3v) is 9.11. The van der Waals surface area contributed by atoms with Gasteiger partial charge in [0.15, 0.2) is 0 Å². The van der Waals surface area contributed by atoms with E-state index in [0.29, 0.717) is 5.75 Å². The average molecular weight is 588 g/mol. The average Bonchev–Trinajstić information content (AvgIpc) is 3.18. The molecule has 0 radical (unpaired) electrons. The number of rotatable bonds is 4. The Morgan fingerprint density at radius 2 is 1.05 bits per heavy atom. The van der Waals surface area contributed by atoms with Crippen LogP contribution in [0.25, 0.3) is 38.6 Å². The topological polar surface area (TPSA) is 25.2 Å². The first-order chi connectivity index (χ1) is 20.2. The number of aromatic nitrogens is 1. The first kappa shape index (κ1) is 31.9. The predicted molar refractivity (Wildman–Crippen MR) is 192 cm³/mol. The van der Waals surface area contributed by atoms with Gasteiger partial charge in [0.25, 0.3) is 0 Å². The molecule has 5 rings (SSSR count). The molecule has 2 heteroatoms. The van der Waals surface area contributed by atoms with Gasteiger partial charge in [0.1, 0.15) is 5.75 Å². The fourth-order valence-corrected chi connectivity index (χ4v) is 7.17. The van der Waals surface area contributed by atoms with Crippen LogP contribution in [0, 0.1) is 19.3 Å². The van der Waals surface area contributed by atoms with Crippen LogP contribution in [0.2, 0.25) is 0 Å². The van der Waals surface area contributed by atoms with Crippen LogP contribution >= 0.6 is 0 Å². The maximum atomic E-state index is 12.3. The minimum absolute atomic E-state index is 0.0273. The molecule has 0 amide bonds. The Morgan fingerprint density at radius 3 is 1.48 bits per heavy atom. The second-order valence-corrected chi connectivity index (χ2v) is 17.2. The lowest BCUT2D eigenvalue weighted by Gasteiger charge is -2.34. The molecule has 0 aliphatic rings. The Hall–Kier alpha value is -3.52. The number of phenols is 1. The second-order valence-electron chi connectivity index (χ2n) is 17.2. The van der Waals surface area contributed by atoms with Gasteiger partial charge in [-0.3, -0.25) is 0 Å². The Labute approximate surface area is 266 Å². The van der Waals surface area contributed by atoms with Gasteiger partial charge in [-0.05, 0) is 101 Å². The van der Waals surface area contributed by atoms with Crippen molar-refractivity contribution < 1.29 is 5.11 Å². The summed E-state index contributed by atoms with van der Waals surface area (Å²) in [6, 6.07) is 24.9. The smallest absolute Gasteiger partial charge is 0.147 e. The fourth-order valence-electron chi connectivity index (χ4n) is 7.17. The minimum atomic E-state index is -0.105. The van der Waals surface area contributed by atoms with Crippen LogP contribution in [-0.2, 0) is 16.2 Å². The van der Waals surface area contributed by atoms with E-state index < -0.39 is 0 Å². The summed E-state index contributed by atoms with van der Waals surface area (Å²) in [4.78, 5) is 0. The summed E-state index contributed by atoms with van der Waals surface area (Å²) in [5.41, 5.74) is 11.4. The molecular formula is C42H53NO. The van der Waals surface area contributed by atoms with Crippen LogP contribution in [0.4, 0.5) is 0 Å². The summed E-state index contributed by atoms with van der Waals surface area (Å²) in [5.74, 6) is 0.323. The van der Waals surface area contributed by atoms with Gasteiger partial charge in [-0.2, -0.15) is 0 Å². The lowest BCUT2D eigenvalue weighted by Crippen LogP contribution is -2.25. The molecule has 0 bridgehead atoms. The lowest BCUT2D eigenvalue weighted by molar-refractivity contribution is 0.284. The van der Waals surface area contributed by atoms with Crippen molar-refractivity contribution in [1.29, 1.82) is 0 Å². The summed E-state index contributed by atoms with van der Waals surface area (Å²) in [5, 5.41) is 14.7. The molecule has 0 fully saturated rings. The second kappa shape index (κ2) is 10.5. The highest BCUT2D eigenvalue weighted by atomic mass is 16.3. The molecule has 5 aromatic rings. The maximum absolute atomic E-state index is 12.3. The van der Waals surface area contributed by atoms with Crippen molar-refractivity contribution in [3.05, 3.63) is 94.5 Å². The number of nitrogens with zero attached hydrogens (tertiary/aromatic N) is 1. The molecule has 1 heterocycles. The van der Waals surface area contributed by atoms with Crippen molar-refractivity contribution in [3.63, 3.8) is 0 Å². The number of hydrogen-bond donors (Lipinski definition) is 1. The molecule has 2 nitrogen and oxygen atoms in total.